The van der Waals surface area contributed by atoms with Gasteiger partial charge in [0.1, 0.15) is 5.69 Å². The number of thiazole rings is 1. The Bertz CT molecular complexity index is 506. The first-order valence-electron chi connectivity index (χ1n) is 6.01. The van der Waals surface area contributed by atoms with Crippen molar-refractivity contribution in [2.24, 2.45) is 0 Å². The summed E-state index contributed by atoms with van der Waals surface area (Å²) in [4.78, 5) is 5.34. The van der Waals surface area contributed by atoms with E-state index in [0.717, 1.165) is 17.1 Å². The summed E-state index contributed by atoms with van der Waals surface area (Å²) in [6.45, 7) is 4.54. The average Bonchev–Trinajstić information content (AvgIpc) is 2.85. The zero-order valence-corrected chi connectivity index (χ0v) is 11.7. The molecule has 0 aromatic carbocycles. The summed E-state index contributed by atoms with van der Waals surface area (Å²) >= 11 is 1.59. The first-order valence-corrected chi connectivity index (χ1v) is 6.89. The van der Waals surface area contributed by atoms with Crippen LogP contribution in [0.25, 0.3) is 4.96 Å². The summed E-state index contributed by atoms with van der Waals surface area (Å²) in [7, 11) is 1.63. The van der Waals surface area contributed by atoms with E-state index in [1.807, 2.05) is 16.0 Å². The monoisotopic (exact) mass is 269 g/mol. The number of methoxy groups -OCH3 is 1. The third-order valence-electron chi connectivity index (χ3n) is 2.83. The first-order chi connectivity index (χ1) is 8.61. The van der Waals surface area contributed by atoms with Crippen molar-refractivity contribution in [3.05, 3.63) is 17.3 Å². The molecule has 0 saturated heterocycles. The van der Waals surface area contributed by atoms with Crippen LogP contribution in [-0.4, -0.2) is 33.7 Å². The van der Waals surface area contributed by atoms with Gasteiger partial charge in [-0.2, -0.15) is 4.98 Å². The van der Waals surface area contributed by atoms with Gasteiger partial charge in [-0.05, 0) is 20.3 Å². The molecular weight excluding hydrogens is 250 g/mol. The fourth-order valence-electron chi connectivity index (χ4n) is 2.00. The number of rotatable bonds is 6. The predicted molar refractivity (Wildman–Crippen MR) is 72.2 cm³/mol. The summed E-state index contributed by atoms with van der Waals surface area (Å²) in [6, 6.07) is 0.249. The van der Waals surface area contributed by atoms with Crippen LogP contribution in [0.1, 0.15) is 26.0 Å². The van der Waals surface area contributed by atoms with Gasteiger partial charge in [0.2, 0.25) is 5.88 Å². The van der Waals surface area contributed by atoms with Gasteiger partial charge in [0.15, 0.2) is 4.96 Å². The number of nitrogens with zero attached hydrogens (tertiary/aromatic N) is 2. The molecular formula is C12H19N3O2S. The summed E-state index contributed by atoms with van der Waals surface area (Å²) in [6.07, 6.45) is 2.43. The maximum atomic E-state index is 9.34. The lowest BCUT2D eigenvalue weighted by molar-refractivity contribution is 0.170. The molecule has 2 aromatic rings. The highest BCUT2D eigenvalue weighted by molar-refractivity contribution is 7.15. The van der Waals surface area contributed by atoms with Crippen LogP contribution in [-0.2, 0) is 6.54 Å². The lowest BCUT2D eigenvalue weighted by Crippen LogP contribution is -2.29. The van der Waals surface area contributed by atoms with Gasteiger partial charge in [-0.25, -0.2) is 0 Å². The Morgan fingerprint density at radius 1 is 1.56 bits per heavy atom. The minimum Gasteiger partial charge on any atom is -0.480 e. The second-order valence-electron chi connectivity index (χ2n) is 4.49. The van der Waals surface area contributed by atoms with E-state index in [1.165, 1.54) is 0 Å². The molecule has 2 heterocycles. The summed E-state index contributed by atoms with van der Waals surface area (Å²) < 4.78 is 7.32. The van der Waals surface area contributed by atoms with E-state index in [0.29, 0.717) is 12.4 Å². The van der Waals surface area contributed by atoms with Crippen LogP contribution in [0.3, 0.4) is 0 Å². The van der Waals surface area contributed by atoms with Gasteiger partial charge >= 0.3 is 0 Å². The van der Waals surface area contributed by atoms with Crippen LogP contribution in [0, 0.1) is 0 Å². The van der Waals surface area contributed by atoms with Crippen LogP contribution in [0.15, 0.2) is 11.6 Å². The van der Waals surface area contributed by atoms with Crippen molar-refractivity contribution in [2.45, 2.75) is 39.0 Å². The molecule has 6 heteroatoms. The largest absolute Gasteiger partial charge is 0.480 e. The van der Waals surface area contributed by atoms with Crippen LogP contribution in [0.5, 0.6) is 5.88 Å². The molecule has 0 saturated carbocycles. The normalized spacial score (nSPS) is 14.9. The lowest BCUT2D eigenvalue weighted by atomic mass is 10.1. The fraction of sp³-hybridized carbons (Fsp3) is 0.583. The van der Waals surface area contributed by atoms with Gasteiger partial charge in [0, 0.05) is 24.2 Å². The standard InChI is InChI=1S/C12H19N3O2S/c1-8(6-9(2)16)13-7-10-11(17-3)14-12-15(10)4-5-18-12/h4-5,8-9,13,16H,6-7H2,1-3H3. The van der Waals surface area contributed by atoms with Crippen molar-refractivity contribution in [3.63, 3.8) is 0 Å². The molecule has 2 aromatic heterocycles. The number of hydrogen-bond donors (Lipinski definition) is 2. The minimum atomic E-state index is -0.291. The molecule has 0 radical (unpaired) electrons. The summed E-state index contributed by atoms with van der Waals surface area (Å²) in [5.41, 5.74) is 1.02. The summed E-state index contributed by atoms with van der Waals surface area (Å²) in [5.74, 6) is 0.665. The minimum absolute atomic E-state index is 0.249. The Balaban J connectivity index is 2.08. The average molecular weight is 269 g/mol. The smallest absolute Gasteiger partial charge is 0.237 e. The zero-order valence-electron chi connectivity index (χ0n) is 10.9. The Morgan fingerprint density at radius 2 is 2.33 bits per heavy atom. The van der Waals surface area contributed by atoms with E-state index in [9.17, 15) is 5.11 Å². The van der Waals surface area contributed by atoms with E-state index in [4.69, 9.17) is 4.74 Å². The number of aromatic nitrogens is 2. The van der Waals surface area contributed by atoms with E-state index < -0.39 is 0 Å². The molecule has 5 nitrogen and oxygen atoms in total. The van der Waals surface area contributed by atoms with Crippen molar-refractivity contribution in [1.82, 2.24) is 14.7 Å². The van der Waals surface area contributed by atoms with Gasteiger partial charge in [-0.3, -0.25) is 4.40 Å². The Labute approximate surface area is 110 Å². The molecule has 2 atom stereocenters. The van der Waals surface area contributed by atoms with E-state index in [2.05, 4.69) is 17.2 Å². The SMILES string of the molecule is COc1nc2sccn2c1CNC(C)CC(C)O. The van der Waals surface area contributed by atoms with Crippen LogP contribution >= 0.6 is 11.3 Å². The maximum Gasteiger partial charge on any atom is 0.237 e. The molecule has 2 N–H and O–H groups in total. The molecule has 0 aliphatic carbocycles. The topological polar surface area (TPSA) is 58.8 Å². The number of hydrogen-bond acceptors (Lipinski definition) is 5. The van der Waals surface area contributed by atoms with Crippen LogP contribution in [0.2, 0.25) is 0 Å². The highest BCUT2D eigenvalue weighted by atomic mass is 32.1. The van der Waals surface area contributed by atoms with Gasteiger partial charge in [-0.1, -0.05) is 0 Å². The Kier molecular flexibility index (Phi) is 4.21. The van der Waals surface area contributed by atoms with E-state index >= 15 is 0 Å². The number of nitrogens with one attached hydrogen (secondary N) is 1. The molecule has 0 amide bonds. The van der Waals surface area contributed by atoms with Crippen LogP contribution in [0.4, 0.5) is 0 Å². The Hall–Kier alpha value is -1.11. The molecule has 100 valence electrons. The fourth-order valence-corrected chi connectivity index (χ4v) is 2.73. The highest BCUT2D eigenvalue weighted by Crippen LogP contribution is 2.22. The predicted octanol–water partition coefficient (Wildman–Crippen LogP) is 1.65. The van der Waals surface area contributed by atoms with Crippen molar-refractivity contribution in [1.29, 1.82) is 0 Å². The highest BCUT2D eigenvalue weighted by Gasteiger charge is 2.14. The van der Waals surface area contributed by atoms with Crippen LogP contribution < -0.4 is 10.1 Å². The van der Waals surface area contributed by atoms with Gasteiger partial charge in [-0.15, -0.1) is 11.3 Å². The van der Waals surface area contributed by atoms with Crippen molar-refractivity contribution >= 4 is 16.3 Å². The second-order valence-corrected chi connectivity index (χ2v) is 5.36. The summed E-state index contributed by atoms with van der Waals surface area (Å²) in [5, 5.41) is 14.7. The zero-order chi connectivity index (χ0) is 13.1. The molecule has 2 rings (SSSR count). The Morgan fingerprint density at radius 3 is 3.00 bits per heavy atom. The maximum absolute atomic E-state index is 9.34. The molecule has 0 bridgehead atoms. The number of aliphatic hydroxyl groups is 1. The van der Waals surface area contributed by atoms with E-state index in [-0.39, 0.29) is 12.1 Å². The lowest BCUT2D eigenvalue weighted by Gasteiger charge is -2.15. The second kappa shape index (κ2) is 5.69. The number of aliphatic hydroxyl groups excluding tert-OH is 1. The van der Waals surface area contributed by atoms with Crippen molar-refractivity contribution in [3.8, 4) is 5.88 Å². The van der Waals surface area contributed by atoms with Gasteiger partial charge in [0.25, 0.3) is 0 Å². The van der Waals surface area contributed by atoms with Crippen molar-refractivity contribution < 1.29 is 9.84 Å². The number of fused-ring (bicyclic) bond motifs is 1. The first kappa shape index (κ1) is 13.3. The van der Waals surface area contributed by atoms with E-state index in [1.54, 1.807) is 25.4 Å². The molecule has 0 fully saturated rings. The molecule has 18 heavy (non-hydrogen) atoms. The van der Waals surface area contributed by atoms with Gasteiger partial charge < -0.3 is 15.2 Å². The molecule has 0 aliphatic rings. The van der Waals surface area contributed by atoms with Gasteiger partial charge in [0.05, 0.1) is 13.2 Å². The third kappa shape index (κ3) is 2.82. The molecule has 0 spiro atoms. The van der Waals surface area contributed by atoms with Crippen molar-refractivity contribution in [2.75, 3.05) is 7.11 Å². The molecule has 0 aliphatic heterocycles. The molecule has 2 unspecified atom stereocenters. The number of ether oxygens (including phenoxy) is 1. The number of imidazole rings is 1. The quantitative estimate of drug-likeness (QED) is 0.837. The third-order valence-corrected chi connectivity index (χ3v) is 3.59.